The third kappa shape index (κ3) is 2.74. The molecular formula is C13H16N4O. The number of hydrogen-bond donors (Lipinski definition) is 1. The highest BCUT2D eigenvalue weighted by Gasteiger charge is 2.16. The monoisotopic (exact) mass is 244 g/mol. The van der Waals surface area contributed by atoms with Crippen molar-refractivity contribution in [3.63, 3.8) is 0 Å². The Morgan fingerprint density at radius 2 is 2.17 bits per heavy atom. The second-order valence-corrected chi connectivity index (χ2v) is 4.39. The molecule has 0 spiro atoms. The van der Waals surface area contributed by atoms with Gasteiger partial charge in [-0.15, -0.1) is 5.10 Å². The normalized spacial score (nSPS) is 10.4. The number of benzene rings is 1. The van der Waals surface area contributed by atoms with Crippen molar-refractivity contribution in [3.8, 4) is 0 Å². The van der Waals surface area contributed by atoms with E-state index in [0.29, 0.717) is 12.4 Å². The van der Waals surface area contributed by atoms with Gasteiger partial charge >= 0.3 is 0 Å². The van der Waals surface area contributed by atoms with Gasteiger partial charge in [-0.25, -0.2) is 4.98 Å². The van der Waals surface area contributed by atoms with Crippen molar-refractivity contribution in [2.45, 2.75) is 20.4 Å². The van der Waals surface area contributed by atoms with Gasteiger partial charge in [-0.05, 0) is 19.4 Å². The molecule has 5 heteroatoms. The molecule has 0 bridgehead atoms. The van der Waals surface area contributed by atoms with Gasteiger partial charge in [0.25, 0.3) is 5.91 Å². The van der Waals surface area contributed by atoms with E-state index in [4.69, 9.17) is 0 Å². The Hall–Kier alpha value is -2.17. The quantitative estimate of drug-likeness (QED) is 0.893. The number of carbonyl (C=O) groups is 1. The zero-order valence-electron chi connectivity index (χ0n) is 10.8. The highest BCUT2D eigenvalue weighted by atomic mass is 16.2. The van der Waals surface area contributed by atoms with Crippen molar-refractivity contribution in [1.82, 2.24) is 20.1 Å². The molecule has 94 valence electrons. The molecule has 0 aliphatic carbocycles. The van der Waals surface area contributed by atoms with Gasteiger partial charge in [0.05, 0.1) is 0 Å². The van der Waals surface area contributed by atoms with Crippen LogP contribution in [0, 0.1) is 13.8 Å². The zero-order valence-corrected chi connectivity index (χ0v) is 10.8. The summed E-state index contributed by atoms with van der Waals surface area (Å²) in [7, 11) is 1.75. The van der Waals surface area contributed by atoms with Gasteiger partial charge in [0, 0.05) is 13.6 Å². The molecule has 0 saturated carbocycles. The molecule has 0 aliphatic rings. The predicted molar refractivity (Wildman–Crippen MR) is 68.1 cm³/mol. The van der Waals surface area contributed by atoms with Crippen molar-refractivity contribution < 1.29 is 4.79 Å². The molecule has 0 unspecified atom stereocenters. The van der Waals surface area contributed by atoms with Gasteiger partial charge in [-0.1, -0.05) is 29.8 Å². The van der Waals surface area contributed by atoms with Crippen molar-refractivity contribution in [1.29, 1.82) is 0 Å². The number of amides is 1. The molecule has 2 rings (SSSR count). The summed E-state index contributed by atoms with van der Waals surface area (Å²) >= 11 is 0. The standard InChI is InChI=1S/C13H16N4O/c1-9-5-4-6-11(7-9)8-17(3)13(18)12-14-10(2)15-16-12/h4-7H,8H2,1-3H3,(H,14,15,16). The SMILES string of the molecule is Cc1cccc(CN(C)C(=O)c2n[nH]c(C)n2)c1. The number of nitrogens with zero attached hydrogens (tertiary/aromatic N) is 3. The summed E-state index contributed by atoms with van der Waals surface area (Å²) in [6.07, 6.45) is 0. The fraction of sp³-hybridized carbons (Fsp3) is 0.308. The van der Waals surface area contributed by atoms with Gasteiger partial charge in [0.2, 0.25) is 5.82 Å². The van der Waals surface area contributed by atoms with E-state index in [-0.39, 0.29) is 11.7 Å². The first-order valence-electron chi connectivity index (χ1n) is 5.76. The lowest BCUT2D eigenvalue weighted by molar-refractivity contribution is 0.0773. The average molecular weight is 244 g/mol. The minimum Gasteiger partial charge on any atom is -0.335 e. The van der Waals surface area contributed by atoms with Gasteiger partial charge in [-0.2, -0.15) is 0 Å². The first-order chi connectivity index (χ1) is 8.56. The van der Waals surface area contributed by atoms with Crippen LogP contribution in [0.5, 0.6) is 0 Å². The van der Waals surface area contributed by atoms with Gasteiger partial charge < -0.3 is 4.90 Å². The Morgan fingerprint density at radius 3 is 2.78 bits per heavy atom. The Balaban J connectivity index is 2.08. The van der Waals surface area contributed by atoms with Gasteiger partial charge in [-0.3, -0.25) is 9.89 Å². The summed E-state index contributed by atoms with van der Waals surface area (Å²) in [4.78, 5) is 17.7. The van der Waals surface area contributed by atoms with E-state index in [2.05, 4.69) is 21.2 Å². The van der Waals surface area contributed by atoms with E-state index in [9.17, 15) is 4.79 Å². The molecule has 5 nitrogen and oxygen atoms in total. The van der Waals surface area contributed by atoms with E-state index < -0.39 is 0 Å². The van der Waals surface area contributed by atoms with Crippen LogP contribution < -0.4 is 0 Å². The van der Waals surface area contributed by atoms with Crippen LogP contribution in [0.4, 0.5) is 0 Å². The number of rotatable bonds is 3. The second kappa shape index (κ2) is 5.00. The third-order valence-corrected chi connectivity index (χ3v) is 2.64. The molecule has 1 aromatic heterocycles. The van der Waals surface area contributed by atoms with Crippen LogP contribution in [0.1, 0.15) is 27.6 Å². The number of aromatic amines is 1. The summed E-state index contributed by atoms with van der Waals surface area (Å²) in [6, 6.07) is 8.08. The maximum atomic E-state index is 12.0. The summed E-state index contributed by atoms with van der Waals surface area (Å²) in [6.45, 7) is 4.35. The van der Waals surface area contributed by atoms with E-state index in [0.717, 1.165) is 5.56 Å². The van der Waals surface area contributed by atoms with Crippen LogP contribution >= 0.6 is 0 Å². The number of nitrogens with one attached hydrogen (secondary N) is 1. The van der Waals surface area contributed by atoms with Gasteiger partial charge in [0.1, 0.15) is 5.82 Å². The molecule has 2 aromatic rings. The Morgan fingerprint density at radius 1 is 1.39 bits per heavy atom. The third-order valence-electron chi connectivity index (χ3n) is 2.64. The Bertz CT molecular complexity index is 562. The largest absolute Gasteiger partial charge is 0.335 e. The topological polar surface area (TPSA) is 61.9 Å². The molecule has 0 fully saturated rings. The lowest BCUT2D eigenvalue weighted by atomic mass is 10.1. The van der Waals surface area contributed by atoms with Crippen LogP contribution in [-0.4, -0.2) is 33.0 Å². The molecule has 0 radical (unpaired) electrons. The number of carbonyl (C=O) groups excluding carboxylic acids is 1. The first kappa shape index (κ1) is 12.3. The average Bonchev–Trinajstić information content (AvgIpc) is 2.75. The lowest BCUT2D eigenvalue weighted by Crippen LogP contribution is -2.27. The van der Waals surface area contributed by atoms with E-state index in [1.165, 1.54) is 5.56 Å². The highest BCUT2D eigenvalue weighted by molar-refractivity contribution is 5.90. The van der Waals surface area contributed by atoms with E-state index in [1.807, 2.05) is 25.1 Å². The molecule has 18 heavy (non-hydrogen) atoms. The fourth-order valence-corrected chi connectivity index (χ4v) is 1.77. The fourth-order valence-electron chi connectivity index (χ4n) is 1.77. The minimum atomic E-state index is -0.180. The zero-order chi connectivity index (χ0) is 13.1. The van der Waals surface area contributed by atoms with E-state index in [1.54, 1.807) is 18.9 Å². The van der Waals surface area contributed by atoms with Crippen molar-refractivity contribution >= 4 is 5.91 Å². The van der Waals surface area contributed by atoms with Crippen LogP contribution in [0.2, 0.25) is 0 Å². The minimum absolute atomic E-state index is 0.180. The molecule has 1 amide bonds. The molecule has 1 aromatic carbocycles. The molecule has 0 atom stereocenters. The molecule has 0 aliphatic heterocycles. The molecule has 0 saturated heterocycles. The lowest BCUT2D eigenvalue weighted by Gasteiger charge is -2.15. The second-order valence-electron chi connectivity index (χ2n) is 4.39. The number of aromatic nitrogens is 3. The molecule has 1 N–H and O–H groups in total. The molecule has 1 heterocycles. The maximum Gasteiger partial charge on any atom is 0.293 e. The first-order valence-corrected chi connectivity index (χ1v) is 5.76. The maximum absolute atomic E-state index is 12.0. The van der Waals surface area contributed by atoms with Crippen molar-refractivity contribution in [2.24, 2.45) is 0 Å². The molecular weight excluding hydrogens is 228 g/mol. The van der Waals surface area contributed by atoms with Gasteiger partial charge in [0.15, 0.2) is 0 Å². The summed E-state index contributed by atoms with van der Waals surface area (Å²) in [5.41, 5.74) is 2.28. The summed E-state index contributed by atoms with van der Waals surface area (Å²) < 4.78 is 0. The van der Waals surface area contributed by atoms with Crippen molar-refractivity contribution in [3.05, 3.63) is 47.0 Å². The van der Waals surface area contributed by atoms with Crippen LogP contribution in [0.3, 0.4) is 0 Å². The Labute approximate surface area is 106 Å². The smallest absolute Gasteiger partial charge is 0.293 e. The number of aryl methyl sites for hydroxylation is 2. The summed E-state index contributed by atoms with van der Waals surface area (Å²) in [5, 5.41) is 6.54. The Kier molecular flexibility index (Phi) is 3.41. The number of H-pyrrole nitrogens is 1. The van der Waals surface area contributed by atoms with Crippen LogP contribution in [-0.2, 0) is 6.54 Å². The van der Waals surface area contributed by atoms with E-state index >= 15 is 0 Å². The summed E-state index contributed by atoms with van der Waals surface area (Å²) in [5.74, 6) is 0.672. The predicted octanol–water partition coefficient (Wildman–Crippen LogP) is 1.69. The van der Waals surface area contributed by atoms with Crippen LogP contribution in [0.25, 0.3) is 0 Å². The number of hydrogen-bond acceptors (Lipinski definition) is 3. The van der Waals surface area contributed by atoms with Crippen LogP contribution in [0.15, 0.2) is 24.3 Å². The van der Waals surface area contributed by atoms with Crippen molar-refractivity contribution in [2.75, 3.05) is 7.05 Å². The highest BCUT2D eigenvalue weighted by Crippen LogP contribution is 2.08.